The van der Waals surface area contributed by atoms with Crippen LogP contribution in [0, 0.1) is 11.8 Å². The number of carbonyl (C=O) groups is 1. The van der Waals surface area contributed by atoms with Crippen LogP contribution in [0.15, 0.2) is 0 Å². The van der Waals surface area contributed by atoms with Gasteiger partial charge in [-0.05, 0) is 37.3 Å². The predicted octanol–water partition coefficient (Wildman–Crippen LogP) is 1.48. The predicted molar refractivity (Wildman–Crippen MR) is 68.0 cm³/mol. The third kappa shape index (κ3) is 7.68. The normalized spacial score (nSPS) is 14.7. The molecule has 15 heavy (non-hydrogen) atoms. The maximum Gasteiger partial charge on any atom is 0.222 e. The van der Waals surface area contributed by atoms with Crippen LogP contribution < -0.4 is 11.1 Å². The van der Waals surface area contributed by atoms with E-state index in [-0.39, 0.29) is 11.8 Å². The van der Waals surface area contributed by atoms with Crippen LogP contribution in [0.2, 0.25) is 0 Å². The van der Waals surface area contributed by atoms with E-state index in [1.54, 1.807) is 0 Å². The van der Waals surface area contributed by atoms with Crippen molar-refractivity contribution in [1.82, 2.24) is 5.32 Å². The van der Waals surface area contributed by atoms with E-state index in [1.165, 1.54) is 0 Å². The maximum absolute atomic E-state index is 11.6. The van der Waals surface area contributed by atoms with Crippen LogP contribution in [-0.4, -0.2) is 31.0 Å². The molecule has 3 N–H and O–H groups in total. The van der Waals surface area contributed by atoms with Crippen LogP contribution in [-0.2, 0) is 4.79 Å². The van der Waals surface area contributed by atoms with Crippen molar-refractivity contribution in [1.29, 1.82) is 0 Å². The Balaban J connectivity index is 3.63. The van der Waals surface area contributed by atoms with Gasteiger partial charge in [0.15, 0.2) is 0 Å². The van der Waals surface area contributed by atoms with Gasteiger partial charge in [0.05, 0.1) is 0 Å². The minimum Gasteiger partial charge on any atom is -0.356 e. The molecule has 0 saturated heterocycles. The number of amides is 1. The van der Waals surface area contributed by atoms with Gasteiger partial charge in [-0.1, -0.05) is 13.8 Å². The molecule has 2 unspecified atom stereocenters. The maximum atomic E-state index is 11.6. The molecule has 4 heteroatoms. The van der Waals surface area contributed by atoms with E-state index in [0.29, 0.717) is 12.5 Å². The molecule has 3 nitrogen and oxygen atoms in total. The topological polar surface area (TPSA) is 55.1 Å². The van der Waals surface area contributed by atoms with Gasteiger partial charge < -0.3 is 11.1 Å². The first kappa shape index (κ1) is 14.8. The van der Waals surface area contributed by atoms with E-state index >= 15 is 0 Å². The van der Waals surface area contributed by atoms with Gasteiger partial charge in [-0.3, -0.25) is 4.79 Å². The summed E-state index contributed by atoms with van der Waals surface area (Å²) in [7, 11) is 0. The first-order valence-electron chi connectivity index (χ1n) is 5.58. The fraction of sp³-hybridized carbons (Fsp3) is 0.909. The standard InChI is InChI=1S/C11H24N2OS/c1-9(8-15-3)7-13-11(14)10(2)5-4-6-12/h9-10H,4-8,12H2,1-3H3,(H,13,14). The van der Waals surface area contributed by atoms with Crippen LogP contribution in [0.25, 0.3) is 0 Å². The van der Waals surface area contributed by atoms with E-state index in [2.05, 4.69) is 18.5 Å². The zero-order valence-corrected chi connectivity index (χ0v) is 10.9. The molecule has 0 aliphatic heterocycles. The zero-order valence-electron chi connectivity index (χ0n) is 10.1. The first-order chi connectivity index (χ1) is 7.11. The van der Waals surface area contributed by atoms with Crippen molar-refractivity contribution in [2.24, 2.45) is 17.6 Å². The second-order valence-corrected chi connectivity index (χ2v) is 5.05. The molecule has 0 saturated carbocycles. The molecular formula is C11H24N2OS. The summed E-state index contributed by atoms with van der Waals surface area (Å²) in [6.45, 7) is 5.57. The second kappa shape index (κ2) is 9.04. The number of nitrogens with one attached hydrogen (secondary N) is 1. The lowest BCUT2D eigenvalue weighted by atomic mass is 10.0. The average molecular weight is 232 g/mol. The number of hydrogen-bond acceptors (Lipinski definition) is 3. The SMILES string of the molecule is CSCC(C)CNC(=O)C(C)CCCN. The number of nitrogens with two attached hydrogens (primary N) is 1. The minimum absolute atomic E-state index is 0.0926. The summed E-state index contributed by atoms with van der Waals surface area (Å²) in [5.41, 5.74) is 5.40. The number of rotatable bonds is 8. The Kier molecular flexibility index (Phi) is 8.91. The van der Waals surface area contributed by atoms with Gasteiger partial charge in [0.25, 0.3) is 0 Å². The van der Waals surface area contributed by atoms with E-state index in [1.807, 2.05) is 18.7 Å². The van der Waals surface area contributed by atoms with E-state index < -0.39 is 0 Å². The van der Waals surface area contributed by atoms with Crippen molar-refractivity contribution in [2.45, 2.75) is 26.7 Å². The molecule has 0 radical (unpaired) electrons. The highest BCUT2D eigenvalue weighted by Gasteiger charge is 2.12. The lowest BCUT2D eigenvalue weighted by molar-refractivity contribution is -0.124. The summed E-state index contributed by atoms with van der Waals surface area (Å²) in [6.07, 6.45) is 3.90. The van der Waals surface area contributed by atoms with Gasteiger partial charge in [-0.2, -0.15) is 11.8 Å². The molecule has 0 aromatic heterocycles. The van der Waals surface area contributed by atoms with Crippen molar-refractivity contribution in [3.63, 3.8) is 0 Å². The monoisotopic (exact) mass is 232 g/mol. The fourth-order valence-corrected chi connectivity index (χ4v) is 2.03. The van der Waals surface area contributed by atoms with Crippen LogP contribution in [0.1, 0.15) is 26.7 Å². The third-order valence-electron chi connectivity index (χ3n) is 2.36. The van der Waals surface area contributed by atoms with Crippen molar-refractivity contribution < 1.29 is 4.79 Å². The van der Waals surface area contributed by atoms with E-state index in [4.69, 9.17) is 5.73 Å². The Morgan fingerprint density at radius 1 is 1.47 bits per heavy atom. The lowest BCUT2D eigenvalue weighted by Gasteiger charge is -2.14. The first-order valence-corrected chi connectivity index (χ1v) is 6.97. The van der Waals surface area contributed by atoms with Gasteiger partial charge in [0.1, 0.15) is 0 Å². The van der Waals surface area contributed by atoms with Crippen LogP contribution in [0.5, 0.6) is 0 Å². The van der Waals surface area contributed by atoms with Gasteiger partial charge in [0.2, 0.25) is 5.91 Å². The molecule has 0 aromatic rings. The van der Waals surface area contributed by atoms with Gasteiger partial charge in [-0.15, -0.1) is 0 Å². The Morgan fingerprint density at radius 3 is 2.67 bits per heavy atom. The molecule has 0 rings (SSSR count). The Morgan fingerprint density at radius 2 is 2.13 bits per heavy atom. The number of hydrogen-bond donors (Lipinski definition) is 2. The fourth-order valence-electron chi connectivity index (χ4n) is 1.35. The molecule has 2 atom stereocenters. The summed E-state index contributed by atoms with van der Waals surface area (Å²) < 4.78 is 0. The highest BCUT2D eigenvalue weighted by molar-refractivity contribution is 7.98. The van der Waals surface area contributed by atoms with Crippen LogP contribution in [0.3, 0.4) is 0 Å². The molecule has 90 valence electrons. The van der Waals surface area contributed by atoms with Gasteiger partial charge in [0, 0.05) is 12.5 Å². The Labute approximate surface area is 97.6 Å². The lowest BCUT2D eigenvalue weighted by Crippen LogP contribution is -2.33. The van der Waals surface area contributed by atoms with Crippen LogP contribution in [0.4, 0.5) is 0 Å². The highest BCUT2D eigenvalue weighted by Crippen LogP contribution is 2.06. The average Bonchev–Trinajstić information content (AvgIpc) is 2.22. The van der Waals surface area contributed by atoms with Crippen molar-refractivity contribution in [3.05, 3.63) is 0 Å². The van der Waals surface area contributed by atoms with Gasteiger partial charge >= 0.3 is 0 Å². The van der Waals surface area contributed by atoms with Crippen LogP contribution >= 0.6 is 11.8 Å². The zero-order chi connectivity index (χ0) is 11.7. The summed E-state index contributed by atoms with van der Waals surface area (Å²) in [4.78, 5) is 11.6. The Bertz CT molecular complexity index is 176. The molecule has 0 bridgehead atoms. The van der Waals surface area contributed by atoms with Gasteiger partial charge in [-0.25, -0.2) is 0 Å². The molecular weight excluding hydrogens is 208 g/mol. The van der Waals surface area contributed by atoms with E-state index in [9.17, 15) is 4.79 Å². The molecule has 1 amide bonds. The summed E-state index contributed by atoms with van der Waals surface area (Å²) in [5, 5.41) is 2.98. The Hall–Kier alpha value is -0.220. The molecule has 0 fully saturated rings. The summed E-state index contributed by atoms with van der Waals surface area (Å²) >= 11 is 1.82. The molecule has 0 aliphatic rings. The smallest absolute Gasteiger partial charge is 0.222 e. The third-order valence-corrected chi connectivity index (χ3v) is 3.27. The summed E-state index contributed by atoms with van der Waals surface area (Å²) in [5.74, 6) is 1.90. The highest BCUT2D eigenvalue weighted by atomic mass is 32.2. The van der Waals surface area contributed by atoms with E-state index in [0.717, 1.165) is 25.1 Å². The molecule has 0 aliphatic carbocycles. The molecule has 0 spiro atoms. The largest absolute Gasteiger partial charge is 0.356 e. The number of thioether (sulfide) groups is 1. The quantitative estimate of drug-likeness (QED) is 0.666. The number of carbonyl (C=O) groups excluding carboxylic acids is 1. The molecule has 0 heterocycles. The minimum atomic E-state index is 0.0926. The molecule has 0 aromatic carbocycles. The van der Waals surface area contributed by atoms with Crippen molar-refractivity contribution in [3.8, 4) is 0 Å². The second-order valence-electron chi connectivity index (χ2n) is 4.14. The summed E-state index contributed by atoms with van der Waals surface area (Å²) in [6, 6.07) is 0. The van der Waals surface area contributed by atoms with Crippen molar-refractivity contribution in [2.75, 3.05) is 25.1 Å². The van der Waals surface area contributed by atoms with Crippen molar-refractivity contribution >= 4 is 17.7 Å².